The third-order valence-corrected chi connectivity index (χ3v) is 7.02. The molecule has 146 valence electrons. The van der Waals surface area contributed by atoms with Gasteiger partial charge in [0.25, 0.3) is 0 Å². The first-order chi connectivity index (χ1) is 14.7. The van der Waals surface area contributed by atoms with Gasteiger partial charge >= 0.3 is 0 Å². The van der Waals surface area contributed by atoms with Crippen molar-refractivity contribution >= 4 is 39.8 Å². The largest absolute Gasteiger partial charge is 0.376 e. The highest BCUT2D eigenvalue weighted by Crippen LogP contribution is 2.47. The Morgan fingerprint density at radius 3 is 2.07 bits per heavy atom. The Hall–Kier alpha value is -2.59. The normalized spacial score (nSPS) is 17.1. The lowest BCUT2D eigenvalue weighted by Crippen LogP contribution is -2.31. The van der Waals surface area contributed by atoms with Crippen molar-refractivity contribution in [2.45, 2.75) is 15.4 Å². The molecule has 1 aliphatic carbocycles. The second kappa shape index (κ2) is 7.92. The van der Waals surface area contributed by atoms with Gasteiger partial charge < -0.3 is 5.11 Å². The van der Waals surface area contributed by atoms with Crippen LogP contribution in [0.2, 0.25) is 0 Å². The summed E-state index contributed by atoms with van der Waals surface area (Å²) < 4.78 is 0.945. The molecule has 0 aliphatic heterocycles. The van der Waals surface area contributed by atoms with Gasteiger partial charge in [0, 0.05) is 25.4 Å². The van der Waals surface area contributed by atoms with E-state index in [1.165, 1.54) is 0 Å². The van der Waals surface area contributed by atoms with Crippen LogP contribution in [0.1, 0.15) is 27.8 Å². The van der Waals surface area contributed by atoms with E-state index >= 15 is 0 Å². The van der Waals surface area contributed by atoms with Crippen LogP contribution in [0.4, 0.5) is 0 Å². The Labute approximate surface area is 189 Å². The Morgan fingerprint density at radius 1 is 0.633 bits per heavy atom. The van der Waals surface area contributed by atoms with Crippen LogP contribution in [-0.2, 0) is 5.60 Å². The highest BCUT2D eigenvalue weighted by atomic mass is 79.9. The molecule has 4 aromatic rings. The molecular weight excluding hydrogens is 452 g/mol. The third-order valence-electron chi connectivity index (χ3n) is 5.45. The number of rotatable bonds is 3. The van der Waals surface area contributed by atoms with Gasteiger partial charge in [-0.3, -0.25) is 0 Å². The first-order valence-corrected chi connectivity index (χ1v) is 11.4. The molecule has 0 fully saturated rings. The van der Waals surface area contributed by atoms with E-state index in [0.717, 1.165) is 42.1 Å². The fourth-order valence-electron chi connectivity index (χ4n) is 4.04. The van der Waals surface area contributed by atoms with Crippen molar-refractivity contribution in [3.63, 3.8) is 0 Å². The van der Waals surface area contributed by atoms with Crippen LogP contribution < -0.4 is 0 Å². The van der Waals surface area contributed by atoms with Crippen LogP contribution in [-0.4, -0.2) is 5.11 Å². The second-order valence-electron chi connectivity index (χ2n) is 7.27. The van der Waals surface area contributed by atoms with Crippen molar-refractivity contribution < 1.29 is 5.11 Å². The standard InChI is InChI=1S/C27H19BrOS/c28-21-17-16-20-15-14-19-8-4-5-11-23(19)27(29,25(20)18-21)24-12-6-7-13-26(24)30-22-9-2-1-3-10-22/h1-18,29H. The van der Waals surface area contributed by atoms with E-state index in [0.29, 0.717) is 0 Å². The smallest absolute Gasteiger partial charge is 0.142 e. The number of aliphatic hydroxyl groups is 1. The van der Waals surface area contributed by atoms with Gasteiger partial charge in [0.05, 0.1) is 0 Å². The van der Waals surface area contributed by atoms with Gasteiger partial charge in [0.1, 0.15) is 5.60 Å². The number of halogens is 1. The molecule has 30 heavy (non-hydrogen) atoms. The maximum Gasteiger partial charge on any atom is 0.142 e. The predicted molar refractivity (Wildman–Crippen MR) is 129 cm³/mol. The van der Waals surface area contributed by atoms with Gasteiger partial charge in [0.15, 0.2) is 0 Å². The molecule has 0 saturated heterocycles. The highest BCUT2D eigenvalue weighted by Gasteiger charge is 2.39. The molecule has 0 bridgehead atoms. The lowest BCUT2D eigenvalue weighted by molar-refractivity contribution is 0.122. The summed E-state index contributed by atoms with van der Waals surface area (Å²) in [6.45, 7) is 0. The summed E-state index contributed by atoms with van der Waals surface area (Å²) in [5.41, 5.74) is 3.40. The van der Waals surface area contributed by atoms with Crippen LogP contribution in [0.25, 0.3) is 12.2 Å². The van der Waals surface area contributed by atoms with Gasteiger partial charge in [0.2, 0.25) is 0 Å². The van der Waals surface area contributed by atoms with E-state index in [1.807, 2.05) is 66.7 Å². The van der Waals surface area contributed by atoms with Crippen molar-refractivity contribution in [1.82, 2.24) is 0 Å². The van der Waals surface area contributed by atoms with Crippen LogP contribution in [0, 0.1) is 0 Å². The van der Waals surface area contributed by atoms with E-state index in [1.54, 1.807) is 11.8 Å². The minimum absolute atomic E-state index is 0.874. The molecule has 0 radical (unpaired) electrons. The molecular formula is C27H19BrOS. The molecule has 1 N–H and O–H groups in total. The summed E-state index contributed by atoms with van der Waals surface area (Å²) in [5.74, 6) is 0. The molecule has 0 amide bonds. The fraction of sp³-hybridized carbons (Fsp3) is 0.0370. The summed E-state index contributed by atoms with van der Waals surface area (Å²) in [4.78, 5) is 2.18. The third kappa shape index (κ3) is 3.33. The molecule has 0 aromatic heterocycles. The average molecular weight is 471 g/mol. The summed E-state index contributed by atoms with van der Waals surface area (Å²) in [7, 11) is 0. The zero-order valence-electron chi connectivity index (χ0n) is 16.1. The van der Waals surface area contributed by atoms with E-state index in [2.05, 4.69) is 58.4 Å². The highest BCUT2D eigenvalue weighted by molar-refractivity contribution is 9.10. The lowest BCUT2D eigenvalue weighted by atomic mass is 9.78. The minimum Gasteiger partial charge on any atom is -0.376 e. The van der Waals surface area contributed by atoms with Gasteiger partial charge in [-0.1, -0.05) is 107 Å². The van der Waals surface area contributed by atoms with Crippen molar-refractivity contribution in [2.24, 2.45) is 0 Å². The fourth-order valence-corrected chi connectivity index (χ4v) is 5.42. The molecule has 4 aromatic carbocycles. The molecule has 1 atom stereocenters. The second-order valence-corrected chi connectivity index (χ2v) is 9.30. The summed E-state index contributed by atoms with van der Waals surface area (Å²) in [6, 6.07) is 32.6. The van der Waals surface area contributed by atoms with E-state index in [4.69, 9.17) is 0 Å². The topological polar surface area (TPSA) is 20.2 Å². The van der Waals surface area contributed by atoms with Gasteiger partial charge in [-0.05, 0) is 47.0 Å². The minimum atomic E-state index is -1.28. The lowest BCUT2D eigenvalue weighted by Gasteiger charge is -2.33. The number of benzene rings is 4. The van der Waals surface area contributed by atoms with Crippen LogP contribution >= 0.6 is 27.7 Å². The van der Waals surface area contributed by atoms with E-state index in [-0.39, 0.29) is 0 Å². The van der Waals surface area contributed by atoms with E-state index < -0.39 is 5.60 Å². The Bertz CT molecular complexity index is 1250. The Morgan fingerprint density at radius 2 is 1.27 bits per heavy atom. The van der Waals surface area contributed by atoms with Crippen molar-refractivity contribution in [2.75, 3.05) is 0 Å². The first-order valence-electron chi connectivity index (χ1n) is 9.78. The zero-order chi connectivity index (χ0) is 20.6. The first kappa shape index (κ1) is 19.4. The monoisotopic (exact) mass is 470 g/mol. The molecule has 1 nitrogen and oxygen atoms in total. The Balaban J connectivity index is 1.79. The van der Waals surface area contributed by atoms with Crippen molar-refractivity contribution in [3.8, 4) is 0 Å². The molecule has 3 heteroatoms. The summed E-state index contributed by atoms with van der Waals surface area (Å²) in [6.07, 6.45) is 4.18. The summed E-state index contributed by atoms with van der Waals surface area (Å²) in [5, 5.41) is 12.5. The van der Waals surface area contributed by atoms with Gasteiger partial charge in [-0.2, -0.15) is 0 Å². The summed E-state index contributed by atoms with van der Waals surface area (Å²) >= 11 is 5.29. The quantitative estimate of drug-likeness (QED) is 0.337. The van der Waals surface area contributed by atoms with Gasteiger partial charge in [-0.25, -0.2) is 0 Å². The van der Waals surface area contributed by atoms with Crippen LogP contribution in [0.3, 0.4) is 0 Å². The number of hydrogen-bond donors (Lipinski definition) is 1. The number of fused-ring (bicyclic) bond motifs is 2. The van der Waals surface area contributed by atoms with Gasteiger partial charge in [-0.15, -0.1) is 0 Å². The number of hydrogen-bond acceptors (Lipinski definition) is 2. The predicted octanol–water partition coefficient (Wildman–Crippen LogP) is 7.37. The molecule has 0 saturated carbocycles. The van der Waals surface area contributed by atoms with Crippen molar-refractivity contribution in [3.05, 3.63) is 129 Å². The maximum absolute atomic E-state index is 12.5. The van der Waals surface area contributed by atoms with Crippen LogP contribution in [0.15, 0.2) is 111 Å². The van der Waals surface area contributed by atoms with Crippen LogP contribution in [0.5, 0.6) is 0 Å². The average Bonchev–Trinajstić information content (AvgIpc) is 2.90. The van der Waals surface area contributed by atoms with E-state index in [9.17, 15) is 5.11 Å². The Kier molecular flexibility index (Phi) is 5.11. The maximum atomic E-state index is 12.5. The molecule has 0 spiro atoms. The SMILES string of the molecule is OC1(c2ccccc2Sc2ccccc2)c2ccccc2C=Cc2ccc(Br)cc21. The molecule has 0 heterocycles. The van der Waals surface area contributed by atoms with Crippen molar-refractivity contribution in [1.29, 1.82) is 0 Å². The molecule has 1 unspecified atom stereocenters. The molecule has 1 aliphatic rings. The molecule has 5 rings (SSSR count). The zero-order valence-corrected chi connectivity index (χ0v) is 18.5.